The van der Waals surface area contributed by atoms with Crippen molar-refractivity contribution < 1.29 is 0 Å². The van der Waals surface area contributed by atoms with Crippen LogP contribution in [0.15, 0.2) is 18.2 Å². The van der Waals surface area contributed by atoms with E-state index in [1.165, 1.54) is 30.4 Å². The molecule has 0 heterocycles. The molecule has 0 saturated heterocycles. The number of aryl methyl sites for hydroxylation is 2. The lowest BCUT2D eigenvalue weighted by atomic mass is 9.86. The largest absolute Gasteiger partial charge is 0.317 e. The number of hydrogen-bond acceptors (Lipinski definition) is 1. The Morgan fingerprint density at radius 1 is 1.18 bits per heavy atom. The van der Waals surface area contributed by atoms with E-state index in [1.807, 2.05) is 0 Å². The Morgan fingerprint density at radius 3 is 2.35 bits per heavy atom. The topological polar surface area (TPSA) is 12.0 Å². The second kappa shape index (κ2) is 5.22. The Hall–Kier alpha value is -0.820. The van der Waals surface area contributed by atoms with Crippen LogP contribution in [0.3, 0.4) is 0 Å². The lowest BCUT2D eigenvalue weighted by Crippen LogP contribution is -2.29. The summed E-state index contributed by atoms with van der Waals surface area (Å²) >= 11 is 0. The van der Waals surface area contributed by atoms with Gasteiger partial charge in [0.1, 0.15) is 0 Å². The second-order valence-electron chi connectivity index (χ2n) is 5.67. The van der Waals surface area contributed by atoms with Crippen molar-refractivity contribution in [2.45, 2.75) is 46.1 Å². The standard InChI is InChI=1S/C16H25N/c1-11-6-5-7-12(2)15(11)10-14-8-9-16(17-4)13(14)3/h5-7,13-14,16-17H,8-10H2,1-4H3. The summed E-state index contributed by atoms with van der Waals surface area (Å²) in [5, 5.41) is 3.46. The summed E-state index contributed by atoms with van der Waals surface area (Å²) < 4.78 is 0. The molecule has 1 aromatic rings. The zero-order chi connectivity index (χ0) is 12.4. The highest BCUT2D eigenvalue weighted by atomic mass is 14.9. The van der Waals surface area contributed by atoms with E-state index in [-0.39, 0.29) is 0 Å². The minimum Gasteiger partial charge on any atom is -0.317 e. The van der Waals surface area contributed by atoms with Crippen molar-refractivity contribution in [2.24, 2.45) is 11.8 Å². The number of benzene rings is 1. The Kier molecular flexibility index (Phi) is 3.88. The lowest BCUT2D eigenvalue weighted by molar-refractivity contribution is 0.363. The van der Waals surface area contributed by atoms with Gasteiger partial charge >= 0.3 is 0 Å². The van der Waals surface area contributed by atoms with Crippen LogP contribution >= 0.6 is 0 Å². The quantitative estimate of drug-likeness (QED) is 0.840. The molecule has 1 aliphatic carbocycles. The summed E-state index contributed by atoms with van der Waals surface area (Å²) in [5.41, 5.74) is 4.51. The van der Waals surface area contributed by atoms with Crippen molar-refractivity contribution in [3.05, 3.63) is 34.9 Å². The molecule has 1 nitrogen and oxygen atoms in total. The van der Waals surface area contributed by atoms with E-state index in [0.717, 1.165) is 17.9 Å². The molecule has 0 aromatic heterocycles. The smallest absolute Gasteiger partial charge is 0.00925 e. The molecule has 1 aromatic carbocycles. The van der Waals surface area contributed by atoms with Gasteiger partial charge in [-0.1, -0.05) is 25.1 Å². The van der Waals surface area contributed by atoms with Crippen molar-refractivity contribution in [3.8, 4) is 0 Å². The molecule has 1 saturated carbocycles. The molecule has 1 N–H and O–H groups in total. The van der Waals surface area contributed by atoms with E-state index in [0.29, 0.717) is 0 Å². The predicted molar refractivity (Wildman–Crippen MR) is 74.4 cm³/mol. The van der Waals surface area contributed by atoms with E-state index < -0.39 is 0 Å². The molecular weight excluding hydrogens is 206 g/mol. The summed E-state index contributed by atoms with van der Waals surface area (Å²) in [5.74, 6) is 1.66. The van der Waals surface area contributed by atoms with E-state index in [9.17, 15) is 0 Å². The highest BCUT2D eigenvalue weighted by Crippen LogP contribution is 2.35. The van der Waals surface area contributed by atoms with Crippen molar-refractivity contribution in [1.82, 2.24) is 5.32 Å². The summed E-state index contributed by atoms with van der Waals surface area (Å²) in [4.78, 5) is 0. The van der Waals surface area contributed by atoms with Gasteiger partial charge in [0.05, 0.1) is 0 Å². The molecule has 0 bridgehead atoms. The Labute approximate surface area is 106 Å². The summed E-state index contributed by atoms with van der Waals surface area (Å²) in [7, 11) is 2.10. The summed E-state index contributed by atoms with van der Waals surface area (Å²) in [6, 6.07) is 7.39. The molecule has 1 aliphatic rings. The maximum atomic E-state index is 3.46. The molecule has 0 amide bonds. The third kappa shape index (κ3) is 2.55. The molecule has 0 aliphatic heterocycles. The Morgan fingerprint density at radius 2 is 1.82 bits per heavy atom. The molecule has 3 unspecified atom stereocenters. The molecule has 1 fully saturated rings. The molecular formula is C16H25N. The van der Waals surface area contributed by atoms with Crippen LogP contribution < -0.4 is 5.32 Å². The van der Waals surface area contributed by atoms with Crippen LogP contribution in [0.5, 0.6) is 0 Å². The Bertz CT molecular complexity index is 363. The van der Waals surface area contributed by atoms with Crippen molar-refractivity contribution in [2.75, 3.05) is 7.05 Å². The summed E-state index contributed by atoms with van der Waals surface area (Å²) in [6.07, 6.45) is 3.98. The molecule has 3 atom stereocenters. The van der Waals surface area contributed by atoms with Crippen LogP contribution in [0.25, 0.3) is 0 Å². The van der Waals surface area contributed by atoms with Gasteiger partial charge in [0, 0.05) is 6.04 Å². The minimum atomic E-state index is 0.726. The molecule has 94 valence electrons. The molecule has 0 radical (unpaired) electrons. The monoisotopic (exact) mass is 231 g/mol. The molecule has 1 heteroatoms. The zero-order valence-corrected chi connectivity index (χ0v) is 11.6. The normalized spacial score (nSPS) is 28.6. The van der Waals surface area contributed by atoms with Crippen molar-refractivity contribution in [3.63, 3.8) is 0 Å². The van der Waals surface area contributed by atoms with E-state index >= 15 is 0 Å². The first-order valence-corrected chi connectivity index (χ1v) is 6.86. The Balaban J connectivity index is 2.12. The van der Waals surface area contributed by atoms with Crippen molar-refractivity contribution in [1.29, 1.82) is 0 Å². The molecule has 17 heavy (non-hydrogen) atoms. The van der Waals surface area contributed by atoms with Crippen LogP contribution in [0.2, 0.25) is 0 Å². The van der Waals surface area contributed by atoms with Crippen LogP contribution in [0.4, 0.5) is 0 Å². The van der Waals surface area contributed by atoms with Crippen LogP contribution in [0.1, 0.15) is 36.5 Å². The SMILES string of the molecule is CNC1CCC(Cc2c(C)cccc2C)C1C. The average Bonchev–Trinajstić information content (AvgIpc) is 2.65. The van der Waals surface area contributed by atoms with Gasteiger partial charge in [0.25, 0.3) is 0 Å². The maximum Gasteiger partial charge on any atom is 0.00925 e. The van der Waals surface area contributed by atoms with Gasteiger partial charge in [0.15, 0.2) is 0 Å². The van der Waals surface area contributed by atoms with E-state index in [1.54, 1.807) is 5.56 Å². The van der Waals surface area contributed by atoms with E-state index in [4.69, 9.17) is 0 Å². The first-order chi connectivity index (χ1) is 8.13. The maximum absolute atomic E-state index is 3.46. The fourth-order valence-electron chi connectivity index (χ4n) is 3.38. The fraction of sp³-hybridized carbons (Fsp3) is 0.625. The van der Waals surface area contributed by atoms with Gasteiger partial charge in [0.2, 0.25) is 0 Å². The van der Waals surface area contributed by atoms with Crippen LogP contribution in [-0.4, -0.2) is 13.1 Å². The zero-order valence-electron chi connectivity index (χ0n) is 11.6. The first-order valence-electron chi connectivity index (χ1n) is 6.86. The number of rotatable bonds is 3. The predicted octanol–water partition coefficient (Wildman–Crippen LogP) is 3.48. The average molecular weight is 231 g/mol. The highest BCUT2D eigenvalue weighted by molar-refractivity contribution is 5.34. The number of nitrogens with one attached hydrogen (secondary N) is 1. The minimum absolute atomic E-state index is 0.726. The first kappa shape index (κ1) is 12.6. The van der Waals surface area contributed by atoms with Crippen LogP contribution in [0, 0.1) is 25.7 Å². The highest BCUT2D eigenvalue weighted by Gasteiger charge is 2.31. The van der Waals surface area contributed by atoms with Crippen molar-refractivity contribution >= 4 is 0 Å². The van der Waals surface area contributed by atoms with E-state index in [2.05, 4.69) is 51.3 Å². The van der Waals surface area contributed by atoms with Gasteiger partial charge in [-0.25, -0.2) is 0 Å². The third-order valence-electron chi connectivity index (χ3n) is 4.71. The van der Waals surface area contributed by atoms with Gasteiger partial charge in [-0.3, -0.25) is 0 Å². The second-order valence-corrected chi connectivity index (χ2v) is 5.67. The fourth-order valence-corrected chi connectivity index (χ4v) is 3.38. The number of hydrogen-bond donors (Lipinski definition) is 1. The molecule has 0 spiro atoms. The van der Waals surface area contributed by atoms with Crippen LogP contribution in [-0.2, 0) is 6.42 Å². The van der Waals surface area contributed by atoms with Gasteiger partial charge in [-0.05, 0) is 68.7 Å². The molecule has 2 rings (SSSR count). The lowest BCUT2D eigenvalue weighted by Gasteiger charge is -2.22. The van der Waals surface area contributed by atoms with Gasteiger partial charge in [-0.15, -0.1) is 0 Å². The third-order valence-corrected chi connectivity index (χ3v) is 4.71. The van der Waals surface area contributed by atoms with Gasteiger partial charge in [-0.2, -0.15) is 0 Å². The summed E-state index contributed by atoms with van der Waals surface area (Å²) in [6.45, 7) is 6.90. The van der Waals surface area contributed by atoms with Gasteiger partial charge < -0.3 is 5.32 Å².